The summed E-state index contributed by atoms with van der Waals surface area (Å²) < 4.78 is 4.98. The summed E-state index contributed by atoms with van der Waals surface area (Å²) in [5, 5.41) is 21.5. The first-order valence-electron chi connectivity index (χ1n) is 7.63. The van der Waals surface area contributed by atoms with Crippen LogP contribution in [0.25, 0.3) is 0 Å². The molecule has 0 aliphatic carbocycles. The molecule has 0 radical (unpaired) electrons. The molecular weight excluding hydrogens is 354 g/mol. The van der Waals surface area contributed by atoms with Crippen LogP contribution in [-0.2, 0) is 19.1 Å². The second-order valence-electron chi connectivity index (χ2n) is 5.62. The molecule has 7 nitrogen and oxygen atoms in total. The molecule has 0 aromatic carbocycles. The lowest BCUT2D eigenvalue weighted by Crippen LogP contribution is -2.44. The number of carbonyl (C=O) groups is 3. The average molecular weight is 377 g/mol. The molecule has 1 heterocycles. The number of ether oxygens (including phenoxy) is 1. The monoisotopic (exact) mass is 377 g/mol. The average Bonchev–Trinajstić information content (AvgIpc) is 2.79. The standard InChI is InChI=1S/C15H23NO6S2/c1-4-5-22-9(18)6-24-13-7(2)11(16-12(13)14(19)20)10(8(3)17)15(21)23/h7-8,10-11,16-17H,4-6H2,1-3H3,(H,19,20)(H,21,23)/t7-,8-,10-,11-/m1/s1. The predicted octanol–water partition coefficient (Wildman–Crippen LogP) is 1.03. The van der Waals surface area contributed by atoms with Gasteiger partial charge in [0.05, 0.1) is 24.4 Å². The third kappa shape index (κ3) is 5.15. The summed E-state index contributed by atoms with van der Waals surface area (Å²) in [5.41, 5.74) is -0.0546. The van der Waals surface area contributed by atoms with Gasteiger partial charge >= 0.3 is 11.9 Å². The van der Waals surface area contributed by atoms with Gasteiger partial charge in [-0.1, -0.05) is 13.8 Å². The fourth-order valence-corrected chi connectivity index (χ4v) is 4.01. The first-order chi connectivity index (χ1) is 11.2. The van der Waals surface area contributed by atoms with Gasteiger partial charge in [0.2, 0.25) is 0 Å². The van der Waals surface area contributed by atoms with Gasteiger partial charge in [0.15, 0.2) is 5.12 Å². The van der Waals surface area contributed by atoms with Gasteiger partial charge in [-0.15, -0.1) is 24.4 Å². The van der Waals surface area contributed by atoms with Crippen molar-refractivity contribution in [2.75, 3.05) is 12.4 Å². The van der Waals surface area contributed by atoms with Crippen molar-refractivity contribution in [2.24, 2.45) is 11.8 Å². The summed E-state index contributed by atoms with van der Waals surface area (Å²) in [4.78, 5) is 35.3. The minimum absolute atomic E-state index is 0.0149. The van der Waals surface area contributed by atoms with Crippen LogP contribution in [0.2, 0.25) is 0 Å². The molecular formula is C15H23NO6S2. The van der Waals surface area contributed by atoms with Crippen LogP contribution in [0, 0.1) is 11.8 Å². The number of esters is 1. The van der Waals surface area contributed by atoms with E-state index in [9.17, 15) is 24.6 Å². The lowest BCUT2D eigenvalue weighted by atomic mass is 9.88. The summed E-state index contributed by atoms with van der Waals surface area (Å²) in [6, 6.07) is -0.602. The summed E-state index contributed by atoms with van der Waals surface area (Å²) >= 11 is 4.87. The Hall–Kier alpha value is -1.19. The first kappa shape index (κ1) is 20.9. The molecule has 136 valence electrons. The van der Waals surface area contributed by atoms with Gasteiger partial charge in [0, 0.05) is 16.9 Å². The molecule has 4 atom stereocenters. The number of hydrogen-bond donors (Lipinski definition) is 4. The molecule has 0 fully saturated rings. The number of thiol groups is 1. The molecule has 3 N–H and O–H groups in total. The number of carboxylic acid groups (broad SMARTS) is 1. The van der Waals surface area contributed by atoms with Crippen molar-refractivity contribution in [3.05, 3.63) is 10.6 Å². The van der Waals surface area contributed by atoms with Crippen molar-refractivity contribution in [1.29, 1.82) is 0 Å². The zero-order valence-electron chi connectivity index (χ0n) is 13.8. The number of carbonyl (C=O) groups excluding carboxylic acids is 2. The van der Waals surface area contributed by atoms with Gasteiger partial charge in [-0.25, -0.2) is 4.79 Å². The SMILES string of the molecule is CCCOC(=O)CSC1=C(C(=O)O)N[C@@H]([C@H](C(=O)S)[C@@H](C)O)[C@H]1C. The predicted molar refractivity (Wildman–Crippen MR) is 93.6 cm³/mol. The molecule has 0 unspecified atom stereocenters. The van der Waals surface area contributed by atoms with Crippen molar-refractivity contribution in [1.82, 2.24) is 5.32 Å². The maximum absolute atomic E-state index is 11.7. The minimum atomic E-state index is -1.18. The second kappa shape index (κ2) is 9.33. The van der Waals surface area contributed by atoms with E-state index in [1.165, 1.54) is 6.92 Å². The van der Waals surface area contributed by atoms with Gasteiger partial charge in [-0.3, -0.25) is 9.59 Å². The van der Waals surface area contributed by atoms with Gasteiger partial charge < -0.3 is 20.3 Å². The first-order valence-corrected chi connectivity index (χ1v) is 9.07. The van der Waals surface area contributed by atoms with Crippen LogP contribution in [0.4, 0.5) is 0 Å². The Bertz CT molecular complexity index is 534. The van der Waals surface area contributed by atoms with Crippen molar-refractivity contribution >= 4 is 41.4 Å². The lowest BCUT2D eigenvalue weighted by molar-refractivity contribution is -0.140. The van der Waals surface area contributed by atoms with Gasteiger partial charge in [-0.2, -0.15) is 0 Å². The topological polar surface area (TPSA) is 113 Å². The minimum Gasteiger partial charge on any atom is -0.477 e. The van der Waals surface area contributed by atoms with Crippen LogP contribution in [0.15, 0.2) is 10.6 Å². The molecule has 0 amide bonds. The van der Waals surface area contributed by atoms with E-state index in [0.29, 0.717) is 17.9 Å². The lowest BCUT2D eigenvalue weighted by Gasteiger charge is -2.28. The smallest absolute Gasteiger partial charge is 0.352 e. The van der Waals surface area contributed by atoms with Crippen molar-refractivity contribution in [2.45, 2.75) is 39.3 Å². The van der Waals surface area contributed by atoms with Crippen LogP contribution in [0.3, 0.4) is 0 Å². The largest absolute Gasteiger partial charge is 0.477 e. The number of rotatable bonds is 9. The molecule has 1 aliphatic heterocycles. The highest BCUT2D eigenvalue weighted by Gasteiger charge is 2.43. The Balaban J connectivity index is 2.91. The highest BCUT2D eigenvalue weighted by Crippen LogP contribution is 2.38. The molecule has 0 saturated heterocycles. The van der Waals surface area contributed by atoms with Crippen molar-refractivity contribution in [3.8, 4) is 0 Å². The Morgan fingerprint density at radius 1 is 1.42 bits per heavy atom. The fraction of sp³-hybridized carbons (Fsp3) is 0.667. The van der Waals surface area contributed by atoms with E-state index in [2.05, 4.69) is 17.9 Å². The second-order valence-corrected chi connectivity index (χ2v) is 7.07. The van der Waals surface area contributed by atoms with E-state index in [4.69, 9.17) is 4.74 Å². The van der Waals surface area contributed by atoms with Crippen molar-refractivity contribution in [3.63, 3.8) is 0 Å². The Morgan fingerprint density at radius 3 is 2.50 bits per heavy atom. The Morgan fingerprint density at radius 2 is 2.04 bits per heavy atom. The van der Waals surface area contributed by atoms with E-state index in [1.54, 1.807) is 6.92 Å². The van der Waals surface area contributed by atoms with Crippen LogP contribution in [0.5, 0.6) is 0 Å². The Labute approximate surface area is 150 Å². The third-order valence-corrected chi connectivity index (χ3v) is 5.29. The van der Waals surface area contributed by atoms with Crippen LogP contribution < -0.4 is 5.32 Å². The third-order valence-electron chi connectivity index (χ3n) is 3.73. The molecule has 24 heavy (non-hydrogen) atoms. The Kier molecular flexibility index (Phi) is 8.11. The molecule has 0 aromatic rings. The van der Waals surface area contributed by atoms with E-state index in [-0.39, 0.29) is 17.4 Å². The molecule has 0 bridgehead atoms. The molecule has 1 rings (SSSR count). The van der Waals surface area contributed by atoms with E-state index in [1.807, 2.05) is 6.92 Å². The van der Waals surface area contributed by atoms with Crippen LogP contribution >= 0.6 is 24.4 Å². The number of aliphatic hydroxyl groups is 1. The highest BCUT2D eigenvalue weighted by molar-refractivity contribution is 8.03. The maximum Gasteiger partial charge on any atom is 0.352 e. The molecule has 0 spiro atoms. The molecule has 0 aromatic heterocycles. The number of aliphatic carboxylic acids is 1. The highest BCUT2D eigenvalue weighted by atomic mass is 32.2. The van der Waals surface area contributed by atoms with E-state index in [0.717, 1.165) is 11.8 Å². The normalized spacial score (nSPS) is 22.7. The fourth-order valence-electron chi connectivity index (χ4n) is 2.58. The summed E-state index contributed by atoms with van der Waals surface area (Å²) in [6.07, 6.45) is -0.275. The maximum atomic E-state index is 11.7. The van der Waals surface area contributed by atoms with Gasteiger partial charge in [-0.05, 0) is 13.3 Å². The zero-order valence-corrected chi connectivity index (χ0v) is 15.5. The van der Waals surface area contributed by atoms with E-state index >= 15 is 0 Å². The number of thioether (sulfide) groups is 1. The van der Waals surface area contributed by atoms with Gasteiger partial charge in [0.25, 0.3) is 0 Å². The summed E-state index contributed by atoms with van der Waals surface area (Å²) in [5.74, 6) is -2.84. The van der Waals surface area contributed by atoms with Crippen LogP contribution in [-0.4, -0.2) is 51.8 Å². The molecule has 9 heteroatoms. The van der Waals surface area contributed by atoms with Crippen molar-refractivity contribution < 1.29 is 29.3 Å². The number of aliphatic hydroxyl groups excluding tert-OH is 1. The summed E-state index contributed by atoms with van der Waals surface area (Å²) in [6.45, 7) is 5.41. The number of hydrogen-bond acceptors (Lipinski definition) is 7. The van der Waals surface area contributed by atoms with E-state index < -0.39 is 35.1 Å². The number of nitrogens with one attached hydrogen (secondary N) is 1. The zero-order chi connectivity index (χ0) is 18.4. The van der Waals surface area contributed by atoms with Gasteiger partial charge in [0.1, 0.15) is 5.70 Å². The molecule has 1 aliphatic rings. The van der Waals surface area contributed by atoms with Crippen LogP contribution in [0.1, 0.15) is 27.2 Å². The molecule has 0 saturated carbocycles. The number of carboxylic acids is 1. The quantitative estimate of drug-likeness (QED) is 0.348. The summed E-state index contributed by atoms with van der Waals surface area (Å²) in [7, 11) is 0.